The van der Waals surface area contributed by atoms with Gasteiger partial charge >= 0.3 is 0 Å². The maximum absolute atomic E-state index is 13.1. The van der Waals surface area contributed by atoms with Crippen LogP contribution in [0.2, 0.25) is 0 Å². The van der Waals surface area contributed by atoms with E-state index in [-0.39, 0.29) is 23.0 Å². The van der Waals surface area contributed by atoms with Crippen molar-refractivity contribution in [3.05, 3.63) is 59.2 Å². The highest BCUT2D eigenvalue weighted by Crippen LogP contribution is 2.26. The van der Waals surface area contributed by atoms with Gasteiger partial charge in [0.05, 0.1) is 17.1 Å². The molecule has 2 aromatic carbocycles. The SMILES string of the molecule is C[C@@H]1CN(S(=O)(=O)c2cccc(C(=O)Nc3ccc4c(c3)CCC4)c2)C[C@H](C)O1. The van der Waals surface area contributed by atoms with E-state index in [1.807, 2.05) is 26.0 Å². The summed E-state index contributed by atoms with van der Waals surface area (Å²) in [5.41, 5.74) is 3.67. The van der Waals surface area contributed by atoms with Gasteiger partial charge < -0.3 is 10.1 Å². The minimum Gasteiger partial charge on any atom is -0.373 e. The van der Waals surface area contributed by atoms with Crippen molar-refractivity contribution in [2.24, 2.45) is 0 Å². The fourth-order valence-corrected chi connectivity index (χ4v) is 5.76. The van der Waals surface area contributed by atoms with Crippen LogP contribution in [-0.4, -0.2) is 43.9 Å². The number of amides is 1. The quantitative estimate of drug-likeness (QED) is 0.834. The molecule has 2 atom stereocenters. The number of fused-ring (bicyclic) bond motifs is 1. The molecule has 2 aromatic rings. The van der Waals surface area contributed by atoms with E-state index in [0.717, 1.165) is 24.9 Å². The van der Waals surface area contributed by atoms with E-state index in [0.29, 0.717) is 18.7 Å². The summed E-state index contributed by atoms with van der Waals surface area (Å²) in [5, 5.41) is 2.89. The smallest absolute Gasteiger partial charge is 0.255 e. The summed E-state index contributed by atoms with van der Waals surface area (Å²) in [6.07, 6.45) is 2.93. The summed E-state index contributed by atoms with van der Waals surface area (Å²) in [6.45, 7) is 4.33. The number of sulfonamides is 1. The van der Waals surface area contributed by atoms with Gasteiger partial charge in [-0.15, -0.1) is 0 Å². The fourth-order valence-electron chi connectivity index (χ4n) is 4.13. The second-order valence-electron chi connectivity index (χ2n) is 7.90. The van der Waals surface area contributed by atoms with E-state index in [9.17, 15) is 13.2 Å². The van der Waals surface area contributed by atoms with Crippen molar-refractivity contribution < 1.29 is 17.9 Å². The first-order chi connectivity index (χ1) is 13.8. The zero-order valence-corrected chi connectivity index (χ0v) is 17.5. The van der Waals surface area contributed by atoms with Gasteiger partial charge in [-0.25, -0.2) is 8.42 Å². The third-order valence-electron chi connectivity index (χ3n) is 5.48. The van der Waals surface area contributed by atoms with Crippen LogP contribution in [0.1, 0.15) is 41.8 Å². The lowest BCUT2D eigenvalue weighted by atomic mass is 10.1. The average Bonchev–Trinajstić information content (AvgIpc) is 3.15. The summed E-state index contributed by atoms with van der Waals surface area (Å²) in [7, 11) is -3.69. The Morgan fingerprint density at radius 1 is 1.03 bits per heavy atom. The Hall–Kier alpha value is -2.22. The highest BCUT2D eigenvalue weighted by Gasteiger charge is 2.32. The molecule has 4 rings (SSSR count). The molecule has 29 heavy (non-hydrogen) atoms. The van der Waals surface area contributed by atoms with Crippen LogP contribution in [-0.2, 0) is 27.6 Å². The number of hydrogen-bond donors (Lipinski definition) is 1. The molecule has 0 bridgehead atoms. The van der Waals surface area contributed by atoms with Gasteiger partial charge in [-0.1, -0.05) is 12.1 Å². The van der Waals surface area contributed by atoms with Crippen LogP contribution in [0.4, 0.5) is 5.69 Å². The van der Waals surface area contributed by atoms with Crippen LogP contribution in [0.5, 0.6) is 0 Å². The zero-order valence-electron chi connectivity index (χ0n) is 16.7. The molecule has 7 heteroatoms. The van der Waals surface area contributed by atoms with E-state index in [1.54, 1.807) is 12.1 Å². The van der Waals surface area contributed by atoms with Gasteiger partial charge in [-0.05, 0) is 74.6 Å². The van der Waals surface area contributed by atoms with Crippen molar-refractivity contribution in [1.82, 2.24) is 4.31 Å². The van der Waals surface area contributed by atoms with Gasteiger partial charge in [-0.2, -0.15) is 4.31 Å². The molecule has 154 valence electrons. The summed E-state index contributed by atoms with van der Waals surface area (Å²) >= 11 is 0. The van der Waals surface area contributed by atoms with Gasteiger partial charge in [0, 0.05) is 24.3 Å². The molecule has 1 fully saturated rings. The Morgan fingerprint density at radius 2 is 1.76 bits per heavy atom. The summed E-state index contributed by atoms with van der Waals surface area (Å²) in [6, 6.07) is 12.2. The monoisotopic (exact) mass is 414 g/mol. The third kappa shape index (κ3) is 4.22. The predicted octanol–water partition coefficient (Wildman–Crippen LogP) is 3.23. The number of nitrogens with zero attached hydrogens (tertiary/aromatic N) is 1. The number of nitrogens with one attached hydrogen (secondary N) is 1. The molecule has 1 aliphatic heterocycles. The number of morpholine rings is 1. The number of benzene rings is 2. The molecular formula is C22H26N2O4S. The lowest BCUT2D eigenvalue weighted by molar-refractivity contribution is -0.0440. The van der Waals surface area contributed by atoms with Crippen molar-refractivity contribution in [1.29, 1.82) is 0 Å². The zero-order chi connectivity index (χ0) is 20.6. The van der Waals surface area contributed by atoms with E-state index in [1.165, 1.54) is 27.6 Å². The molecule has 1 aliphatic carbocycles. The lowest BCUT2D eigenvalue weighted by Gasteiger charge is -2.34. The first kappa shape index (κ1) is 20.1. The number of carbonyl (C=O) groups excluding carboxylic acids is 1. The number of rotatable bonds is 4. The van der Waals surface area contributed by atoms with Gasteiger partial charge in [0.1, 0.15) is 0 Å². The van der Waals surface area contributed by atoms with Gasteiger partial charge in [0.15, 0.2) is 0 Å². The van der Waals surface area contributed by atoms with Crippen LogP contribution in [0.3, 0.4) is 0 Å². The number of anilines is 1. The molecular weight excluding hydrogens is 388 g/mol. The second kappa shape index (κ2) is 7.89. The summed E-state index contributed by atoms with van der Waals surface area (Å²) in [4.78, 5) is 12.9. The molecule has 0 unspecified atom stereocenters. The molecule has 6 nitrogen and oxygen atoms in total. The van der Waals surface area contributed by atoms with Crippen LogP contribution in [0, 0.1) is 0 Å². The predicted molar refractivity (Wildman–Crippen MR) is 112 cm³/mol. The van der Waals surface area contributed by atoms with E-state index < -0.39 is 10.0 Å². The molecule has 0 aromatic heterocycles. The van der Waals surface area contributed by atoms with Crippen molar-refractivity contribution in [3.63, 3.8) is 0 Å². The highest BCUT2D eigenvalue weighted by molar-refractivity contribution is 7.89. The molecule has 1 heterocycles. The van der Waals surface area contributed by atoms with Crippen LogP contribution < -0.4 is 5.32 Å². The molecule has 0 radical (unpaired) electrons. The van der Waals surface area contributed by atoms with Crippen LogP contribution >= 0.6 is 0 Å². The maximum Gasteiger partial charge on any atom is 0.255 e. The van der Waals surface area contributed by atoms with E-state index >= 15 is 0 Å². The minimum absolute atomic E-state index is 0.125. The minimum atomic E-state index is -3.69. The van der Waals surface area contributed by atoms with Crippen molar-refractivity contribution in [3.8, 4) is 0 Å². The Bertz CT molecular complexity index is 1020. The van der Waals surface area contributed by atoms with Crippen molar-refractivity contribution >= 4 is 21.6 Å². The maximum atomic E-state index is 13.1. The number of hydrogen-bond acceptors (Lipinski definition) is 4. The standard InChI is InChI=1S/C22H26N2O4S/c1-15-13-24(14-16(2)28-15)29(26,27)21-8-4-7-19(12-21)22(25)23-20-10-9-17-5-3-6-18(17)11-20/h4,7-12,15-16H,3,5-6,13-14H2,1-2H3,(H,23,25)/t15-,16+. The average molecular weight is 415 g/mol. The molecule has 1 amide bonds. The largest absolute Gasteiger partial charge is 0.373 e. The van der Waals surface area contributed by atoms with Gasteiger partial charge in [0.2, 0.25) is 10.0 Å². The van der Waals surface area contributed by atoms with Gasteiger partial charge in [-0.3, -0.25) is 4.79 Å². The van der Waals surface area contributed by atoms with Crippen LogP contribution in [0.25, 0.3) is 0 Å². The number of ether oxygens (including phenoxy) is 1. The number of aryl methyl sites for hydroxylation is 2. The topological polar surface area (TPSA) is 75.7 Å². The molecule has 0 saturated carbocycles. The summed E-state index contributed by atoms with van der Waals surface area (Å²) < 4.78 is 33.2. The molecule has 2 aliphatic rings. The van der Waals surface area contributed by atoms with Crippen LogP contribution in [0.15, 0.2) is 47.4 Å². The molecule has 0 spiro atoms. The lowest BCUT2D eigenvalue weighted by Crippen LogP contribution is -2.48. The molecule has 1 N–H and O–H groups in total. The first-order valence-electron chi connectivity index (χ1n) is 10.0. The van der Waals surface area contributed by atoms with E-state index in [2.05, 4.69) is 11.4 Å². The Morgan fingerprint density at radius 3 is 2.52 bits per heavy atom. The highest BCUT2D eigenvalue weighted by atomic mass is 32.2. The van der Waals surface area contributed by atoms with Crippen molar-refractivity contribution in [2.75, 3.05) is 18.4 Å². The normalized spacial score (nSPS) is 22.3. The fraction of sp³-hybridized carbons (Fsp3) is 0.409. The second-order valence-corrected chi connectivity index (χ2v) is 9.84. The molecule has 1 saturated heterocycles. The summed E-state index contributed by atoms with van der Waals surface area (Å²) in [5.74, 6) is -0.316. The van der Waals surface area contributed by atoms with E-state index in [4.69, 9.17) is 4.74 Å². The Balaban J connectivity index is 1.54. The third-order valence-corrected chi connectivity index (χ3v) is 7.30. The van der Waals surface area contributed by atoms with Gasteiger partial charge in [0.25, 0.3) is 5.91 Å². The Labute approximate surface area is 171 Å². The Kier molecular flexibility index (Phi) is 5.46. The van der Waals surface area contributed by atoms with Crippen molar-refractivity contribution in [2.45, 2.75) is 50.2 Å². The first-order valence-corrected chi connectivity index (χ1v) is 11.5. The number of carbonyl (C=O) groups is 1.